The molecular formula is C19H26ClN5O2S. The largest absolute Gasteiger partial charge is 0.494 e. The maximum atomic E-state index is 13.1. The van der Waals surface area contributed by atoms with E-state index in [1.807, 2.05) is 39.2 Å². The van der Waals surface area contributed by atoms with Gasteiger partial charge < -0.3 is 9.64 Å². The van der Waals surface area contributed by atoms with Crippen molar-refractivity contribution in [1.82, 2.24) is 19.7 Å². The highest BCUT2D eigenvalue weighted by Gasteiger charge is 2.23. The number of aryl methyl sites for hydroxylation is 1. The lowest BCUT2D eigenvalue weighted by Gasteiger charge is -2.20. The molecule has 0 fully saturated rings. The van der Waals surface area contributed by atoms with E-state index in [0.717, 1.165) is 28.9 Å². The van der Waals surface area contributed by atoms with Crippen molar-refractivity contribution in [2.75, 3.05) is 38.7 Å². The number of anilines is 1. The molecule has 3 aromatic rings. The molecule has 28 heavy (non-hydrogen) atoms. The van der Waals surface area contributed by atoms with Crippen molar-refractivity contribution >= 4 is 45.0 Å². The second-order valence-electron chi connectivity index (χ2n) is 6.51. The molecule has 7 nitrogen and oxygen atoms in total. The standard InChI is InChI=1S/C19H25N5O2S.ClH/c1-5-26-14-7-8-15-17(13-14)27-19(21-15)24(12-6-11-22(2)3)18(25)16-9-10-20-23(16)4;/h7-10,13H,5-6,11-12H2,1-4H3;1H. The normalized spacial score (nSPS) is 10.9. The molecule has 0 aliphatic heterocycles. The summed E-state index contributed by atoms with van der Waals surface area (Å²) >= 11 is 1.51. The molecule has 0 radical (unpaired) electrons. The molecule has 1 amide bonds. The summed E-state index contributed by atoms with van der Waals surface area (Å²) in [6.07, 6.45) is 2.49. The minimum Gasteiger partial charge on any atom is -0.494 e. The summed E-state index contributed by atoms with van der Waals surface area (Å²) < 4.78 is 8.18. The van der Waals surface area contributed by atoms with Crippen LogP contribution in [0.1, 0.15) is 23.8 Å². The number of thiazole rings is 1. The average Bonchev–Trinajstić information content (AvgIpc) is 3.23. The SMILES string of the molecule is CCOc1ccc2nc(N(CCCN(C)C)C(=O)c3ccnn3C)sc2c1.Cl. The Balaban J connectivity index is 0.00000280. The van der Waals surface area contributed by atoms with Crippen LogP contribution in [0.3, 0.4) is 0 Å². The van der Waals surface area contributed by atoms with Gasteiger partial charge in [-0.05, 0) is 58.3 Å². The Bertz CT molecular complexity index is 924. The number of rotatable bonds is 8. The highest BCUT2D eigenvalue weighted by atomic mass is 35.5. The van der Waals surface area contributed by atoms with E-state index in [0.29, 0.717) is 24.0 Å². The van der Waals surface area contributed by atoms with Crippen LogP contribution in [0, 0.1) is 0 Å². The summed E-state index contributed by atoms with van der Waals surface area (Å²) in [7, 11) is 5.83. The molecule has 3 rings (SSSR count). The molecule has 0 aliphatic carbocycles. The Hall–Kier alpha value is -2.16. The van der Waals surface area contributed by atoms with E-state index in [2.05, 4.69) is 10.00 Å². The fourth-order valence-electron chi connectivity index (χ4n) is 2.82. The number of hydrogen-bond donors (Lipinski definition) is 0. The summed E-state index contributed by atoms with van der Waals surface area (Å²) in [5, 5.41) is 4.82. The Morgan fingerprint density at radius 3 is 2.68 bits per heavy atom. The summed E-state index contributed by atoms with van der Waals surface area (Å²) in [5.74, 6) is 0.732. The third-order valence-electron chi connectivity index (χ3n) is 4.16. The van der Waals surface area contributed by atoms with Gasteiger partial charge in [0.15, 0.2) is 5.13 Å². The first-order valence-electron chi connectivity index (χ1n) is 8.97. The van der Waals surface area contributed by atoms with Crippen molar-refractivity contribution in [3.05, 3.63) is 36.2 Å². The van der Waals surface area contributed by atoms with E-state index < -0.39 is 0 Å². The smallest absolute Gasteiger partial charge is 0.278 e. The van der Waals surface area contributed by atoms with Crippen LogP contribution in [-0.4, -0.2) is 59.4 Å². The summed E-state index contributed by atoms with van der Waals surface area (Å²) in [6.45, 7) is 4.07. The van der Waals surface area contributed by atoms with Crippen LogP contribution in [-0.2, 0) is 7.05 Å². The Morgan fingerprint density at radius 2 is 2.04 bits per heavy atom. The number of hydrogen-bond acceptors (Lipinski definition) is 6. The fourth-order valence-corrected chi connectivity index (χ4v) is 3.83. The lowest BCUT2D eigenvalue weighted by molar-refractivity contribution is 0.0977. The van der Waals surface area contributed by atoms with Crippen LogP contribution in [0.4, 0.5) is 5.13 Å². The highest BCUT2D eigenvalue weighted by Crippen LogP contribution is 2.32. The molecule has 9 heteroatoms. The number of benzene rings is 1. The van der Waals surface area contributed by atoms with E-state index >= 15 is 0 Å². The fraction of sp³-hybridized carbons (Fsp3) is 0.421. The second-order valence-corrected chi connectivity index (χ2v) is 7.52. The van der Waals surface area contributed by atoms with Crippen LogP contribution in [0.2, 0.25) is 0 Å². The average molecular weight is 424 g/mol. The molecule has 2 heterocycles. The zero-order valence-electron chi connectivity index (χ0n) is 16.6. The van der Waals surface area contributed by atoms with Gasteiger partial charge in [0, 0.05) is 19.8 Å². The van der Waals surface area contributed by atoms with E-state index in [1.165, 1.54) is 11.3 Å². The van der Waals surface area contributed by atoms with Gasteiger partial charge in [-0.3, -0.25) is 14.4 Å². The molecule has 0 aliphatic rings. The van der Waals surface area contributed by atoms with Gasteiger partial charge >= 0.3 is 0 Å². The maximum Gasteiger partial charge on any atom is 0.278 e. The first-order valence-corrected chi connectivity index (χ1v) is 9.79. The lowest BCUT2D eigenvalue weighted by Crippen LogP contribution is -2.34. The second kappa shape index (κ2) is 9.86. The van der Waals surface area contributed by atoms with Crippen LogP contribution in [0.25, 0.3) is 10.2 Å². The number of fused-ring (bicyclic) bond motifs is 1. The molecule has 0 N–H and O–H groups in total. The number of carbonyl (C=O) groups is 1. The zero-order chi connectivity index (χ0) is 19.4. The topological polar surface area (TPSA) is 63.5 Å². The van der Waals surface area contributed by atoms with Gasteiger partial charge in [-0.2, -0.15) is 5.10 Å². The van der Waals surface area contributed by atoms with Crippen molar-refractivity contribution in [2.24, 2.45) is 7.05 Å². The van der Waals surface area contributed by atoms with Gasteiger partial charge in [0.1, 0.15) is 11.4 Å². The van der Waals surface area contributed by atoms with Gasteiger partial charge in [-0.1, -0.05) is 11.3 Å². The van der Waals surface area contributed by atoms with Crippen LogP contribution in [0.5, 0.6) is 5.75 Å². The first kappa shape index (κ1) is 22.1. The molecule has 0 atom stereocenters. The maximum absolute atomic E-state index is 13.1. The van der Waals surface area contributed by atoms with Crippen molar-refractivity contribution < 1.29 is 9.53 Å². The van der Waals surface area contributed by atoms with Crippen molar-refractivity contribution in [1.29, 1.82) is 0 Å². The van der Waals surface area contributed by atoms with E-state index in [-0.39, 0.29) is 18.3 Å². The Morgan fingerprint density at radius 1 is 1.25 bits per heavy atom. The Kier molecular flexibility index (Phi) is 7.79. The van der Waals surface area contributed by atoms with Crippen LogP contribution < -0.4 is 9.64 Å². The van der Waals surface area contributed by atoms with Gasteiger partial charge in [0.05, 0.1) is 16.8 Å². The number of nitrogens with zero attached hydrogens (tertiary/aromatic N) is 5. The first-order chi connectivity index (χ1) is 13.0. The van der Waals surface area contributed by atoms with Gasteiger partial charge in [0.2, 0.25) is 0 Å². The molecule has 0 saturated carbocycles. The number of aromatic nitrogens is 3. The molecule has 0 saturated heterocycles. The molecule has 2 aromatic heterocycles. The summed E-state index contributed by atoms with van der Waals surface area (Å²) in [5.41, 5.74) is 1.42. The third kappa shape index (κ3) is 5.01. The number of amides is 1. The zero-order valence-corrected chi connectivity index (χ0v) is 18.2. The van der Waals surface area contributed by atoms with Crippen LogP contribution in [0.15, 0.2) is 30.5 Å². The highest BCUT2D eigenvalue weighted by molar-refractivity contribution is 7.22. The lowest BCUT2D eigenvalue weighted by atomic mass is 10.3. The predicted molar refractivity (Wildman–Crippen MR) is 116 cm³/mol. The monoisotopic (exact) mass is 423 g/mol. The van der Waals surface area contributed by atoms with Crippen molar-refractivity contribution in [2.45, 2.75) is 13.3 Å². The van der Waals surface area contributed by atoms with E-state index in [9.17, 15) is 4.79 Å². The number of carbonyl (C=O) groups excluding carboxylic acids is 1. The minimum absolute atomic E-state index is 0. The summed E-state index contributed by atoms with van der Waals surface area (Å²) in [6, 6.07) is 7.57. The molecule has 152 valence electrons. The predicted octanol–water partition coefficient (Wildman–Crippen LogP) is 3.45. The van der Waals surface area contributed by atoms with Crippen LogP contribution >= 0.6 is 23.7 Å². The van der Waals surface area contributed by atoms with E-state index in [1.54, 1.807) is 28.9 Å². The number of halogens is 1. The van der Waals surface area contributed by atoms with Gasteiger partial charge in [-0.25, -0.2) is 4.98 Å². The quantitative estimate of drug-likeness (QED) is 0.555. The molecule has 0 spiro atoms. The van der Waals surface area contributed by atoms with Crippen molar-refractivity contribution in [3.8, 4) is 5.75 Å². The number of ether oxygens (including phenoxy) is 1. The Labute approximate surface area is 175 Å². The molecule has 1 aromatic carbocycles. The van der Waals surface area contributed by atoms with Gasteiger partial charge in [0.25, 0.3) is 5.91 Å². The summed E-state index contributed by atoms with van der Waals surface area (Å²) in [4.78, 5) is 21.7. The van der Waals surface area contributed by atoms with Crippen molar-refractivity contribution in [3.63, 3.8) is 0 Å². The van der Waals surface area contributed by atoms with E-state index in [4.69, 9.17) is 9.72 Å². The molecular weight excluding hydrogens is 398 g/mol. The minimum atomic E-state index is -0.0853. The third-order valence-corrected chi connectivity index (χ3v) is 5.20. The molecule has 0 bridgehead atoms. The molecule has 0 unspecified atom stereocenters. The van der Waals surface area contributed by atoms with Gasteiger partial charge in [-0.15, -0.1) is 12.4 Å².